The van der Waals surface area contributed by atoms with Crippen molar-refractivity contribution in [3.05, 3.63) is 83.7 Å². The third-order valence-corrected chi connectivity index (χ3v) is 8.41. The molecule has 0 unspecified atom stereocenters. The number of sulfonamides is 1. The number of methoxy groups -OCH3 is 1. The Labute approximate surface area is 204 Å². The summed E-state index contributed by atoms with van der Waals surface area (Å²) in [5, 5.41) is 0. The van der Waals surface area contributed by atoms with E-state index >= 15 is 0 Å². The molecule has 2 aromatic carbocycles. The molecule has 35 heavy (non-hydrogen) atoms. The van der Waals surface area contributed by atoms with Crippen LogP contribution in [0.1, 0.15) is 48.9 Å². The molecule has 1 aliphatic rings. The molecule has 1 fully saturated rings. The number of hydrogen-bond acceptors (Lipinski definition) is 3. The van der Waals surface area contributed by atoms with Gasteiger partial charge in [-0.3, -0.25) is 0 Å². The number of ether oxygens (including phenoxy) is 1. The van der Waals surface area contributed by atoms with E-state index in [0.29, 0.717) is 11.3 Å². The van der Waals surface area contributed by atoms with Gasteiger partial charge in [0.2, 0.25) is 10.0 Å². The molecule has 1 aliphatic carbocycles. The van der Waals surface area contributed by atoms with Crippen LogP contribution in [0.15, 0.2) is 71.8 Å². The second kappa shape index (κ2) is 10.5. The summed E-state index contributed by atoms with van der Waals surface area (Å²) in [5.74, 6) is 0.572. The van der Waals surface area contributed by atoms with E-state index in [4.69, 9.17) is 4.74 Å². The van der Waals surface area contributed by atoms with Crippen molar-refractivity contribution in [3.63, 3.8) is 0 Å². The summed E-state index contributed by atoms with van der Waals surface area (Å²) in [5.41, 5.74) is 0.527. The fourth-order valence-corrected chi connectivity index (χ4v) is 6.27. The molecule has 0 N–H and O–H groups in total. The van der Waals surface area contributed by atoms with Crippen molar-refractivity contribution in [2.24, 2.45) is 0 Å². The molecule has 0 saturated heterocycles. The lowest BCUT2D eigenvalue weighted by atomic mass is 9.95. The number of rotatable bonds is 8. The quantitative estimate of drug-likeness (QED) is 0.372. The van der Waals surface area contributed by atoms with E-state index in [1.54, 1.807) is 46.9 Å². The number of hydrogen-bond donors (Lipinski definition) is 0. The Balaban J connectivity index is 1.63. The van der Waals surface area contributed by atoms with E-state index in [0.717, 1.165) is 49.9 Å². The van der Waals surface area contributed by atoms with E-state index in [2.05, 4.69) is 0 Å². The summed E-state index contributed by atoms with van der Waals surface area (Å²) in [4.78, 5) is 0.194. The van der Waals surface area contributed by atoms with Crippen LogP contribution in [-0.4, -0.2) is 30.4 Å². The van der Waals surface area contributed by atoms with Gasteiger partial charge in [-0.1, -0.05) is 31.4 Å². The maximum absolute atomic E-state index is 13.7. The minimum Gasteiger partial charge on any atom is -0.497 e. The van der Waals surface area contributed by atoms with Gasteiger partial charge in [-0.25, -0.2) is 8.42 Å². The van der Waals surface area contributed by atoms with Crippen LogP contribution in [0, 0.1) is 0 Å². The standard InChI is InChI=1S/C26H29F3N2O3S/c1-34-24-12-14-25(15-13-24)35(32,33)31(22-9-3-2-4-10-22)19-23-11-6-16-30(23)18-20-7-5-8-21(17-20)26(27,28)29/h5-8,11-17,22H,2-4,9-10,18-19H2,1H3. The molecule has 0 radical (unpaired) electrons. The monoisotopic (exact) mass is 506 g/mol. The molecule has 4 rings (SSSR count). The van der Waals surface area contributed by atoms with Gasteiger partial charge in [0.05, 0.1) is 24.1 Å². The van der Waals surface area contributed by atoms with E-state index < -0.39 is 21.8 Å². The largest absolute Gasteiger partial charge is 0.497 e. The second-order valence-corrected chi connectivity index (χ2v) is 10.7. The van der Waals surface area contributed by atoms with Crippen molar-refractivity contribution >= 4 is 10.0 Å². The van der Waals surface area contributed by atoms with E-state index in [-0.39, 0.29) is 24.0 Å². The Morgan fingerprint density at radius 3 is 2.37 bits per heavy atom. The number of alkyl halides is 3. The molecule has 0 aliphatic heterocycles. The molecule has 0 atom stereocenters. The van der Waals surface area contributed by atoms with Gasteiger partial charge in [0.15, 0.2) is 0 Å². The highest BCUT2D eigenvalue weighted by molar-refractivity contribution is 7.89. The van der Waals surface area contributed by atoms with E-state index in [1.165, 1.54) is 13.2 Å². The lowest BCUT2D eigenvalue weighted by Gasteiger charge is -2.33. The van der Waals surface area contributed by atoms with Crippen molar-refractivity contribution in [3.8, 4) is 5.75 Å². The van der Waals surface area contributed by atoms with Crippen LogP contribution in [0.25, 0.3) is 0 Å². The molecular formula is C26H29F3N2O3S. The maximum atomic E-state index is 13.7. The lowest BCUT2D eigenvalue weighted by Crippen LogP contribution is -2.41. The summed E-state index contributed by atoms with van der Waals surface area (Å²) in [6, 6.07) is 15.1. The average Bonchev–Trinajstić information content (AvgIpc) is 3.29. The van der Waals surface area contributed by atoms with Gasteiger partial charge in [-0.05, 0) is 66.9 Å². The Kier molecular flexibility index (Phi) is 7.56. The average molecular weight is 507 g/mol. The molecule has 3 aromatic rings. The highest BCUT2D eigenvalue weighted by Gasteiger charge is 2.33. The first-order chi connectivity index (χ1) is 16.7. The minimum atomic E-state index is -4.42. The topological polar surface area (TPSA) is 51.5 Å². The first-order valence-corrected chi connectivity index (χ1v) is 13.1. The first-order valence-electron chi connectivity index (χ1n) is 11.6. The Bertz CT molecular complexity index is 1230. The first kappa shape index (κ1) is 25.3. The zero-order chi connectivity index (χ0) is 25.1. The number of nitrogens with zero attached hydrogens (tertiary/aromatic N) is 2. The number of aromatic nitrogens is 1. The lowest BCUT2D eigenvalue weighted by molar-refractivity contribution is -0.137. The third kappa shape index (κ3) is 5.90. The van der Waals surface area contributed by atoms with Crippen LogP contribution in [0.3, 0.4) is 0 Å². The fourth-order valence-electron chi connectivity index (χ4n) is 4.61. The second-order valence-electron chi connectivity index (χ2n) is 8.84. The van der Waals surface area contributed by atoms with Crippen LogP contribution in [0.4, 0.5) is 13.2 Å². The Hall–Kier alpha value is -2.78. The van der Waals surface area contributed by atoms with Gasteiger partial charge >= 0.3 is 6.18 Å². The van der Waals surface area contributed by atoms with Crippen molar-refractivity contribution in [2.75, 3.05) is 7.11 Å². The molecule has 0 bridgehead atoms. The van der Waals surface area contributed by atoms with Gasteiger partial charge < -0.3 is 9.30 Å². The van der Waals surface area contributed by atoms with Crippen LogP contribution < -0.4 is 4.74 Å². The smallest absolute Gasteiger partial charge is 0.416 e. The summed E-state index contributed by atoms with van der Waals surface area (Å²) >= 11 is 0. The molecule has 9 heteroatoms. The van der Waals surface area contributed by atoms with Crippen molar-refractivity contribution in [1.82, 2.24) is 8.87 Å². The highest BCUT2D eigenvalue weighted by Crippen LogP contribution is 2.32. The molecule has 0 spiro atoms. The number of halogens is 3. The Morgan fingerprint density at radius 2 is 1.71 bits per heavy atom. The van der Waals surface area contributed by atoms with Crippen molar-refractivity contribution < 1.29 is 26.3 Å². The van der Waals surface area contributed by atoms with Gasteiger partial charge in [-0.2, -0.15) is 17.5 Å². The molecule has 188 valence electrons. The number of benzene rings is 2. The maximum Gasteiger partial charge on any atom is 0.416 e. The summed E-state index contributed by atoms with van der Waals surface area (Å²) in [6.45, 7) is 0.359. The van der Waals surface area contributed by atoms with Crippen LogP contribution in [0.5, 0.6) is 5.75 Å². The molecular weight excluding hydrogens is 477 g/mol. The van der Waals surface area contributed by atoms with Crippen LogP contribution >= 0.6 is 0 Å². The summed E-state index contributed by atoms with van der Waals surface area (Å²) in [6.07, 6.45) is 1.93. The van der Waals surface area contributed by atoms with Gasteiger partial charge in [0, 0.05) is 24.5 Å². The highest BCUT2D eigenvalue weighted by atomic mass is 32.2. The third-order valence-electron chi connectivity index (χ3n) is 6.50. The zero-order valence-corrected chi connectivity index (χ0v) is 20.4. The van der Waals surface area contributed by atoms with Gasteiger partial charge in [0.1, 0.15) is 5.75 Å². The molecule has 5 nitrogen and oxygen atoms in total. The molecule has 1 heterocycles. The Morgan fingerprint density at radius 1 is 1.00 bits per heavy atom. The van der Waals surface area contributed by atoms with Crippen LogP contribution in [-0.2, 0) is 29.3 Å². The minimum absolute atomic E-state index is 0.132. The van der Waals surface area contributed by atoms with Crippen molar-refractivity contribution in [1.29, 1.82) is 0 Å². The molecule has 1 saturated carbocycles. The van der Waals surface area contributed by atoms with Gasteiger partial charge in [0.25, 0.3) is 0 Å². The summed E-state index contributed by atoms with van der Waals surface area (Å²) < 4.78 is 75.5. The normalized spacial score (nSPS) is 15.5. The predicted octanol–water partition coefficient (Wildman–Crippen LogP) is 6.09. The molecule has 1 aromatic heterocycles. The SMILES string of the molecule is COc1ccc(S(=O)(=O)N(Cc2cccn2Cc2cccc(C(F)(F)F)c2)C2CCCCC2)cc1. The van der Waals surface area contributed by atoms with E-state index in [9.17, 15) is 21.6 Å². The fraction of sp³-hybridized carbons (Fsp3) is 0.385. The molecule has 0 amide bonds. The predicted molar refractivity (Wildman–Crippen MR) is 128 cm³/mol. The zero-order valence-electron chi connectivity index (χ0n) is 19.5. The van der Waals surface area contributed by atoms with Gasteiger partial charge in [-0.15, -0.1) is 0 Å². The van der Waals surface area contributed by atoms with Crippen molar-refractivity contribution in [2.45, 2.75) is 62.3 Å². The summed E-state index contributed by atoms with van der Waals surface area (Å²) in [7, 11) is -2.28. The van der Waals surface area contributed by atoms with Crippen LogP contribution in [0.2, 0.25) is 0 Å². The van der Waals surface area contributed by atoms with E-state index in [1.807, 2.05) is 10.6 Å².